The van der Waals surface area contributed by atoms with Gasteiger partial charge in [0.25, 0.3) is 5.91 Å². The van der Waals surface area contributed by atoms with E-state index < -0.39 is 17.7 Å². The summed E-state index contributed by atoms with van der Waals surface area (Å²) in [7, 11) is 0. The molecule has 8 nitrogen and oxygen atoms in total. The number of pyridine rings is 1. The van der Waals surface area contributed by atoms with E-state index in [9.17, 15) is 22.8 Å². The third kappa shape index (κ3) is 7.80. The topological polar surface area (TPSA) is 109 Å². The quantitative estimate of drug-likeness (QED) is 0.338. The number of rotatable bonds is 11. The molecule has 1 amide bonds. The van der Waals surface area contributed by atoms with Crippen LogP contribution in [0, 0.1) is 19.8 Å². The minimum Gasteiger partial charge on any atom is -0.481 e. The van der Waals surface area contributed by atoms with Crippen molar-refractivity contribution in [1.82, 2.24) is 20.1 Å². The van der Waals surface area contributed by atoms with Gasteiger partial charge in [-0.3, -0.25) is 9.59 Å². The van der Waals surface area contributed by atoms with Crippen LogP contribution in [0.25, 0.3) is 5.69 Å². The molecule has 0 spiro atoms. The lowest BCUT2D eigenvalue weighted by Gasteiger charge is -2.16. The van der Waals surface area contributed by atoms with Gasteiger partial charge >= 0.3 is 12.1 Å². The zero-order valence-electron chi connectivity index (χ0n) is 20.9. The molecule has 2 heterocycles. The summed E-state index contributed by atoms with van der Waals surface area (Å²) in [6, 6.07) is 7.30. The molecule has 0 aliphatic heterocycles. The van der Waals surface area contributed by atoms with Gasteiger partial charge in [0.15, 0.2) is 0 Å². The van der Waals surface area contributed by atoms with Crippen LogP contribution in [0.1, 0.15) is 52.4 Å². The van der Waals surface area contributed by atoms with Gasteiger partial charge < -0.3 is 15.7 Å². The number of aromatic nitrogens is 3. The van der Waals surface area contributed by atoms with Gasteiger partial charge in [-0.1, -0.05) is 19.1 Å². The second-order valence-electron chi connectivity index (χ2n) is 9.11. The Balaban J connectivity index is 1.51. The maximum atomic E-state index is 13.0. The average molecular weight is 518 g/mol. The number of amides is 1. The van der Waals surface area contributed by atoms with Crippen molar-refractivity contribution in [2.45, 2.75) is 46.2 Å². The molecule has 3 N–H and O–H groups in total. The van der Waals surface area contributed by atoms with Crippen molar-refractivity contribution in [2.75, 3.05) is 18.4 Å². The molecule has 0 bridgehead atoms. The van der Waals surface area contributed by atoms with E-state index in [4.69, 9.17) is 5.11 Å². The van der Waals surface area contributed by atoms with Crippen LogP contribution in [0.3, 0.4) is 0 Å². The van der Waals surface area contributed by atoms with Gasteiger partial charge in [0.1, 0.15) is 5.82 Å². The van der Waals surface area contributed by atoms with Gasteiger partial charge in [0.2, 0.25) is 0 Å². The third-order valence-electron chi connectivity index (χ3n) is 5.87. The lowest BCUT2D eigenvalue weighted by molar-refractivity contribution is -0.138. The second-order valence-corrected chi connectivity index (χ2v) is 9.11. The van der Waals surface area contributed by atoms with Gasteiger partial charge in [-0.25, -0.2) is 9.67 Å². The molecule has 0 aliphatic carbocycles. The normalized spacial score (nSPS) is 12.3. The van der Waals surface area contributed by atoms with E-state index in [1.54, 1.807) is 12.1 Å². The summed E-state index contributed by atoms with van der Waals surface area (Å²) in [5, 5.41) is 18.3. The predicted octanol–water partition coefficient (Wildman–Crippen LogP) is 4.79. The Labute approximate surface area is 212 Å². The summed E-state index contributed by atoms with van der Waals surface area (Å²) in [5.41, 5.74) is 3.04. The molecule has 3 aromatic rings. The van der Waals surface area contributed by atoms with Crippen LogP contribution in [0.15, 0.2) is 42.9 Å². The Morgan fingerprint density at radius 2 is 1.81 bits per heavy atom. The fourth-order valence-corrected chi connectivity index (χ4v) is 4.09. The summed E-state index contributed by atoms with van der Waals surface area (Å²) < 4.78 is 40.1. The zero-order valence-corrected chi connectivity index (χ0v) is 20.9. The number of carboxylic acid groups (broad SMARTS) is 1. The molecule has 37 heavy (non-hydrogen) atoms. The summed E-state index contributed by atoms with van der Waals surface area (Å²) >= 11 is 0. The van der Waals surface area contributed by atoms with Crippen LogP contribution in [0.5, 0.6) is 0 Å². The van der Waals surface area contributed by atoms with Gasteiger partial charge in [0.05, 0.1) is 29.4 Å². The van der Waals surface area contributed by atoms with Crippen LogP contribution >= 0.6 is 0 Å². The van der Waals surface area contributed by atoms with E-state index in [1.807, 2.05) is 26.0 Å². The fourth-order valence-electron chi connectivity index (χ4n) is 4.09. The summed E-state index contributed by atoms with van der Waals surface area (Å²) in [6.45, 7) is 6.59. The van der Waals surface area contributed by atoms with Crippen LogP contribution in [0.2, 0.25) is 0 Å². The highest BCUT2D eigenvalue weighted by Crippen LogP contribution is 2.30. The Hall–Kier alpha value is -3.89. The molecule has 0 aliphatic rings. The molecule has 0 fully saturated rings. The van der Waals surface area contributed by atoms with Crippen molar-refractivity contribution in [3.05, 3.63) is 70.7 Å². The molecular formula is C26H30F3N5O3. The number of alkyl halides is 3. The summed E-state index contributed by atoms with van der Waals surface area (Å²) in [4.78, 5) is 26.8. The minimum atomic E-state index is -4.43. The van der Waals surface area contributed by atoms with Gasteiger partial charge in [-0.2, -0.15) is 18.3 Å². The highest BCUT2D eigenvalue weighted by Gasteiger charge is 2.32. The first-order chi connectivity index (χ1) is 17.4. The minimum absolute atomic E-state index is 0.0517. The smallest absolute Gasteiger partial charge is 0.419 e. The van der Waals surface area contributed by atoms with Gasteiger partial charge in [-0.15, -0.1) is 0 Å². The number of anilines is 1. The SMILES string of the molecule is Cc1cc(CC(C)CCNc2ccc(C(=O)NCCC(=O)O)cn2)cc(C)c1-n1cc(C(F)(F)F)cn1. The average Bonchev–Trinajstić information content (AvgIpc) is 3.29. The molecule has 198 valence electrons. The number of nitrogens with zero attached hydrogens (tertiary/aromatic N) is 3. The van der Waals surface area contributed by atoms with Crippen molar-refractivity contribution < 1.29 is 27.9 Å². The number of carbonyl (C=O) groups excluding carboxylic acids is 1. The van der Waals surface area contributed by atoms with Crippen LogP contribution in [0.4, 0.5) is 19.0 Å². The Kier molecular flexibility index (Phi) is 8.90. The van der Waals surface area contributed by atoms with Crippen molar-refractivity contribution in [3.63, 3.8) is 0 Å². The molecule has 0 saturated carbocycles. The molecule has 0 radical (unpaired) electrons. The summed E-state index contributed by atoms with van der Waals surface area (Å²) in [6.07, 6.45) is 0.363. The standard InChI is InChI=1S/C26H30F3N5O3/c1-16(6-8-30-22-5-4-20(13-32-22)25(37)31-9-7-23(35)36)10-19-11-17(2)24(18(3)12-19)34-15-21(14-33-34)26(27,28)29/h4-5,11-16H,6-10H2,1-3H3,(H,30,32)(H,31,37)(H,35,36). The number of carbonyl (C=O) groups is 2. The number of aliphatic carboxylic acids is 1. The molecule has 11 heteroatoms. The molecular weight excluding hydrogens is 487 g/mol. The Bertz CT molecular complexity index is 1220. The van der Waals surface area contributed by atoms with Crippen molar-refractivity contribution in [1.29, 1.82) is 0 Å². The molecule has 2 aromatic heterocycles. The monoisotopic (exact) mass is 517 g/mol. The third-order valence-corrected chi connectivity index (χ3v) is 5.87. The number of hydrogen-bond donors (Lipinski definition) is 3. The van der Waals surface area contributed by atoms with Crippen LogP contribution < -0.4 is 10.6 Å². The van der Waals surface area contributed by atoms with Gasteiger partial charge in [0, 0.05) is 25.5 Å². The highest BCUT2D eigenvalue weighted by molar-refractivity contribution is 5.94. The summed E-state index contributed by atoms with van der Waals surface area (Å²) in [5.74, 6) is -0.397. The molecule has 3 rings (SSSR count). The lowest BCUT2D eigenvalue weighted by atomic mass is 9.94. The fraction of sp³-hybridized carbons (Fsp3) is 0.385. The molecule has 0 saturated heterocycles. The Morgan fingerprint density at radius 3 is 2.38 bits per heavy atom. The first-order valence-electron chi connectivity index (χ1n) is 11.9. The maximum Gasteiger partial charge on any atom is 0.419 e. The number of aryl methyl sites for hydroxylation is 2. The largest absolute Gasteiger partial charge is 0.481 e. The van der Waals surface area contributed by atoms with Gasteiger partial charge in [-0.05, 0) is 61.4 Å². The maximum absolute atomic E-state index is 13.0. The van der Waals surface area contributed by atoms with Crippen molar-refractivity contribution in [2.24, 2.45) is 5.92 Å². The van der Waals surface area contributed by atoms with Crippen LogP contribution in [-0.2, 0) is 17.4 Å². The number of nitrogens with one attached hydrogen (secondary N) is 2. The number of carboxylic acids is 1. The second kappa shape index (κ2) is 11.9. The molecule has 1 unspecified atom stereocenters. The molecule has 1 aromatic carbocycles. The van der Waals surface area contributed by atoms with E-state index >= 15 is 0 Å². The first-order valence-corrected chi connectivity index (χ1v) is 11.9. The van der Waals surface area contributed by atoms with E-state index in [-0.39, 0.29) is 18.9 Å². The number of hydrogen-bond acceptors (Lipinski definition) is 5. The van der Waals surface area contributed by atoms with Crippen molar-refractivity contribution in [3.8, 4) is 5.69 Å². The molecule has 1 atom stereocenters. The van der Waals surface area contributed by atoms with E-state index in [1.165, 1.54) is 10.9 Å². The van der Waals surface area contributed by atoms with E-state index in [0.717, 1.165) is 41.9 Å². The van der Waals surface area contributed by atoms with E-state index in [2.05, 4.69) is 27.6 Å². The highest BCUT2D eigenvalue weighted by atomic mass is 19.4. The predicted molar refractivity (Wildman–Crippen MR) is 133 cm³/mol. The first kappa shape index (κ1) is 27.7. The van der Waals surface area contributed by atoms with Crippen LogP contribution in [-0.4, -0.2) is 44.8 Å². The Morgan fingerprint density at radius 1 is 1.11 bits per heavy atom. The number of halogens is 3. The lowest BCUT2D eigenvalue weighted by Crippen LogP contribution is -2.26. The zero-order chi connectivity index (χ0) is 27.2. The van der Waals surface area contributed by atoms with Crippen molar-refractivity contribution >= 4 is 17.7 Å². The van der Waals surface area contributed by atoms with E-state index in [0.29, 0.717) is 29.5 Å². The number of benzene rings is 1.